The van der Waals surface area contributed by atoms with Gasteiger partial charge in [0, 0.05) is 43.4 Å². The van der Waals surface area contributed by atoms with Gasteiger partial charge in [0.05, 0.1) is 0 Å². The van der Waals surface area contributed by atoms with Crippen LogP contribution in [0.1, 0.15) is 51.1 Å². The summed E-state index contributed by atoms with van der Waals surface area (Å²) in [5.41, 5.74) is 7.45. The average molecular weight is 329 g/mol. The van der Waals surface area contributed by atoms with Crippen LogP contribution in [0.4, 0.5) is 0 Å². The van der Waals surface area contributed by atoms with Crippen LogP contribution in [0.3, 0.4) is 0 Å². The van der Waals surface area contributed by atoms with Crippen molar-refractivity contribution in [2.45, 2.75) is 57.9 Å². The number of amides is 1. The second-order valence-electron chi connectivity index (χ2n) is 7.59. The van der Waals surface area contributed by atoms with E-state index in [0.717, 1.165) is 44.5 Å². The molecule has 2 saturated carbocycles. The number of hydrogen-bond acceptors (Lipinski definition) is 3. The van der Waals surface area contributed by atoms with Crippen molar-refractivity contribution in [2.24, 2.45) is 23.5 Å². The Labute approximate surface area is 145 Å². The Morgan fingerprint density at radius 1 is 1.25 bits per heavy atom. The summed E-state index contributed by atoms with van der Waals surface area (Å²) in [5.74, 6) is 1.67. The van der Waals surface area contributed by atoms with E-state index in [-0.39, 0.29) is 5.92 Å². The van der Waals surface area contributed by atoms with Gasteiger partial charge in [0.2, 0.25) is 5.91 Å². The quantitative estimate of drug-likeness (QED) is 0.873. The predicted molar refractivity (Wildman–Crippen MR) is 96.3 cm³/mol. The smallest absolute Gasteiger partial charge is 0.225 e. The van der Waals surface area contributed by atoms with E-state index in [0.29, 0.717) is 23.8 Å². The van der Waals surface area contributed by atoms with Crippen LogP contribution in [-0.2, 0) is 11.2 Å². The lowest BCUT2D eigenvalue weighted by Gasteiger charge is -2.44. The lowest BCUT2D eigenvalue weighted by molar-refractivity contribution is -0.138. The molecule has 3 rings (SSSR count). The van der Waals surface area contributed by atoms with E-state index in [9.17, 15) is 4.79 Å². The third kappa shape index (κ3) is 3.97. The van der Waals surface area contributed by atoms with Gasteiger partial charge in [-0.15, -0.1) is 0 Å². The standard InChI is InChI=1S/C20H31N3O/c1-2-11-23(12-9-18-8-3-4-10-22-18)20(24)17-13-15-6-5-7-16(14-17)19(15)21/h3-4,8,10,15-17,19H,2,5-7,9,11-14,21H2,1H3. The number of nitrogens with zero attached hydrogens (tertiary/aromatic N) is 2. The van der Waals surface area contributed by atoms with Crippen molar-refractivity contribution in [1.29, 1.82) is 0 Å². The molecular formula is C20H31N3O. The second kappa shape index (κ2) is 8.11. The molecule has 2 aliphatic carbocycles. The van der Waals surface area contributed by atoms with Gasteiger partial charge in [-0.2, -0.15) is 0 Å². The molecule has 1 heterocycles. The number of carbonyl (C=O) groups is 1. The van der Waals surface area contributed by atoms with Crippen molar-refractivity contribution >= 4 is 5.91 Å². The van der Waals surface area contributed by atoms with Gasteiger partial charge >= 0.3 is 0 Å². The van der Waals surface area contributed by atoms with Crippen molar-refractivity contribution in [3.8, 4) is 0 Å². The number of fused-ring (bicyclic) bond motifs is 2. The summed E-state index contributed by atoms with van der Waals surface area (Å²) in [4.78, 5) is 19.6. The molecule has 2 aliphatic rings. The summed E-state index contributed by atoms with van der Waals surface area (Å²) in [5, 5.41) is 0. The van der Waals surface area contributed by atoms with Crippen LogP contribution in [0.5, 0.6) is 0 Å². The van der Waals surface area contributed by atoms with Crippen LogP contribution in [0, 0.1) is 17.8 Å². The first-order valence-corrected chi connectivity index (χ1v) is 9.63. The van der Waals surface area contributed by atoms with E-state index < -0.39 is 0 Å². The molecule has 0 aromatic carbocycles. The van der Waals surface area contributed by atoms with Crippen molar-refractivity contribution in [3.63, 3.8) is 0 Å². The molecule has 2 bridgehead atoms. The van der Waals surface area contributed by atoms with Crippen LogP contribution < -0.4 is 5.73 Å². The molecule has 0 aliphatic heterocycles. The van der Waals surface area contributed by atoms with E-state index in [1.54, 1.807) is 0 Å². The second-order valence-corrected chi connectivity index (χ2v) is 7.59. The van der Waals surface area contributed by atoms with Crippen molar-refractivity contribution in [1.82, 2.24) is 9.88 Å². The fourth-order valence-corrected chi connectivity index (χ4v) is 4.65. The monoisotopic (exact) mass is 329 g/mol. The summed E-state index contributed by atoms with van der Waals surface area (Å²) >= 11 is 0. The van der Waals surface area contributed by atoms with Crippen LogP contribution in [-0.4, -0.2) is 34.9 Å². The predicted octanol–water partition coefficient (Wildman–Crippen LogP) is 3.02. The summed E-state index contributed by atoms with van der Waals surface area (Å²) in [6.45, 7) is 3.78. The van der Waals surface area contributed by atoms with Crippen molar-refractivity contribution in [2.75, 3.05) is 13.1 Å². The Kier molecular flexibility index (Phi) is 5.88. The topological polar surface area (TPSA) is 59.2 Å². The first-order chi connectivity index (χ1) is 11.7. The highest BCUT2D eigenvalue weighted by molar-refractivity contribution is 5.79. The molecule has 2 fully saturated rings. The minimum absolute atomic E-state index is 0.190. The summed E-state index contributed by atoms with van der Waals surface area (Å²) in [7, 11) is 0. The molecule has 24 heavy (non-hydrogen) atoms. The number of pyridine rings is 1. The zero-order valence-corrected chi connectivity index (χ0v) is 14.9. The molecule has 2 atom stereocenters. The number of hydrogen-bond donors (Lipinski definition) is 1. The Morgan fingerprint density at radius 3 is 2.62 bits per heavy atom. The van der Waals surface area contributed by atoms with Crippen LogP contribution in [0.25, 0.3) is 0 Å². The lowest BCUT2D eigenvalue weighted by atomic mass is 9.65. The van der Waals surface area contributed by atoms with E-state index >= 15 is 0 Å². The average Bonchev–Trinajstić information content (AvgIpc) is 2.59. The lowest BCUT2D eigenvalue weighted by Crippen LogP contribution is -2.50. The third-order valence-corrected chi connectivity index (χ3v) is 5.93. The summed E-state index contributed by atoms with van der Waals surface area (Å²) in [6.07, 6.45) is 9.39. The van der Waals surface area contributed by atoms with E-state index in [1.165, 1.54) is 19.3 Å². The van der Waals surface area contributed by atoms with E-state index in [2.05, 4.69) is 16.8 Å². The van der Waals surface area contributed by atoms with Gasteiger partial charge in [-0.1, -0.05) is 19.4 Å². The first kappa shape index (κ1) is 17.4. The van der Waals surface area contributed by atoms with Crippen LogP contribution in [0.15, 0.2) is 24.4 Å². The van der Waals surface area contributed by atoms with Crippen LogP contribution >= 0.6 is 0 Å². The van der Waals surface area contributed by atoms with Gasteiger partial charge in [0.25, 0.3) is 0 Å². The molecular weight excluding hydrogens is 298 g/mol. The molecule has 4 nitrogen and oxygen atoms in total. The maximum absolute atomic E-state index is 13.1. The normalized spacial score (nSPS) is 29.2. The van der Waals surface area contributed by atoms with Crippen molar-refractivity contribution < 1.29 is 4.79 Å². The molecule has 0 saturated heterocycles. The fraction of sp³-hybridized carbons (Fsp3) is 0.700. The number of rotatable bonds is 6. The van der Waals surface area contributed by atoms with E-state index in [1.807, 2.05) is 24.4 Å². The van der Waals surface area contributed by atoms with Gasteiger partial charge in [-0.3, -0.25) is 9.78 Å². The number of nitrogens with two attached hydrogens (primary N) is 1. The summed E-state index contributed by atoms with van der Waals surface area (Å²) < 4.78 is 0. The maximum atomic E-state index is 13.1. The largest absolute Gasteiger partial charge is 0.342 e. The summed E-state index contributed by atoms with van der Waals surface area (Å²) in [6, 6.07) is 6.31. The molecule has 132 valence electrons. The zero-order valence-electron chi connectivity index (χ0n) is 14.9. The van der Waals surface area contributed by atoms with Gasteiger partial charge < -0.3 is 10.6 Å². The SMILES string of the molecule is CCCN(CCc1ccccn1)C(=O)C1CC2CCCC(C1)C2N. The highest BCUT2D eigenvalue weighted by Crippen LogP contribution is 2.42. The van der Waals surface area contributed by atoms with Gasteiger partial charge in [0.1, 0.15) is 0 Å². The Bertz CT molecular complexity index is 519. The first-order valence-electron chi connectivity index (χ1n) is 9.63. The van der Waals surface area contributed by atoms with Gasteiger partial charge in [-0.25, -0.2) is 0 Å². The van der Waals surface area contributed by atoms with E-state index in [4.69, 9.17) is 5.73 Å². The molecule has 0 spiro atoms. The van der Waals surface area contributed by atoms with Gasteiger partial charge in [0.15, 0.2) is 0 Å². The minimum atomic E-state index is 0.190. The van der Waals surface area contributed by atoms with Crippen LogP contribution in [0.2, 0.25) is 0 Å². The third-order valence-electron chi connectivity index (χ3n) is 5.93. The highest BCUT2D eigenvalue weighted by atomic mass is 16.2. The molecule has 2 unspecified atom stereocenters. The molecule has 2 N–H and O–H groups in total. The molecule has 4 heteroatoms. The number of aromatic nitrogens is 1. The molecule has 1 amide bonds. The Hall–Kier alpha value is -1.42. The molecule has 1 aromatic rings. The van der Waals surface area contributed by atoms with Gasteiger partial charge in [-0.05, 0) is 56.1 Å². The number of carbonyl (C=O) groups excluding carboxylic acids is 1. The maximum Gasteiger partial charge on any atom is 0.225 e. The zero-order chi connectivity index (χ0) is 16.9. The Balaban J connectivity index is 1.61. The molecule has 1 aromatic heterocycles. The minimum Gasteiger partial charge on any atom is -0.342 e. The molecule has 0 radical (unpaired) electrons. The fourth-order valence-electron chi connectivity index (χ4n) is 4.65. The highest BCUT2D eigenvalue weighted by Gasteiger charge is 2.41. The Morgan fingerprint density at radius 2 is 2.00 bits per heavy atom. The van der Waals surface area contributed by atoms with Crippen molar-refractivity contribution in [3.05, 3.63) is 30.1 Å².